The highest BCUT2D eigenvalue weighted by Crippen LogP contribution is 2.21. The van der Waals surface area contributed by atoms with Crippen LogP contribution < -0.4 is 10.5 Å². The van der Waals surface area contributed by atoms with Gasteiger partial charge in [0.15, 0.2) is 0 Å². The Kier molecular flexibility index (Phi) is 7.57. The second-order valence-corrected chi connectivity index (χ2v) is 8.77. The number of hydrogen-bond donors (Lipinski definition) is 2. The molecule has 1 atom stereocenters. The Labute approximate surface area is 166 Å². The second kappa shape index (κ2) is 9.47. The minimum absolute atomic E-state index is 0.0177. The smallest absolute Gasteiger partial charge is 0.310 e. The Morgan fingerprint density at radius 1 is 1.48 bits per heavy atom. The maximum atomic E-state index is 12.4. The fourth-order valence-corrected chi connectivity index (χ4v) is 4.45. The van der Waals surface area contributed by atoms with Gasteiger partial charge in [0.05, 0.1) is 12.5 Å². The number of nitrogens with zero attached hydrogens (tertiary/aromatic N) is 2. The van der Waals surface area contributed by atoms with Crippen molar-refractivity contribution in [1.29, 1.82) is 0 Å². The van der Waals surface area contributed by atoms with E-state index < -0.39 is 10.0 Å². The molecule has 2 heterocycles. The number of nitrogen functional groups attached to an aromatic ring is 1. The first-order valence-electron chi connectivity index (χ1n) is 8.59. The predicted molar refractivity (Wildman–Crippen MR) is 102 cm³/mol. The topological polar surface area (TPSA) is 132 Å². The van der Waals surface area contributed by atoms with Crippen LogP contribution in [0.15, 0.2) is 21.6 Å². The van der Waals surface area contributed by atoms with Gasteiger partial charge in [0.2, 0.25) is 15.9 Å². The minimum Gasteiger partial charge on any atom is -0.466 e. The molecule has 0 unspecified atom stereocenters. The Hall–Kier alpha value is -1.72. The molecule has 0 bridgehead atoms. The lowest BCUT2D eigenvalue weighted by molar-refractivity contribution is -0.151. The van der Waals surface area contributed by atoms with Crippen molar-refractivity contribution in [3.05, 3.63) is 16.7 Å². The van der Waals surface area contributed by atoms with Gasteiger partial charge in [0, 0.05) is 36.7 Å². The molecular formula is C16H23BrN4O5S. The number of amides is 1. The van der Waals surface area contributed by atoms with E-state index in [2.05, 4.69) is 25.6 Å². The van der Waals surface area contributed by atoms with Crippen LogP contribution in [0.1, 0.15) is 26.2 Å². The van der Waals surface area contributed by atoms with Gasteiger partial charge in [-0.3, -0.25) is 9.59 Å². The second-order valence-electron chi connectivity index (χ2n) is 6.12. The molecule has 1 aromatic heterocycles. The molecule has 0 radical (unpaired) electrons. The molecule has 1 aliphatic heterocycles. The summed E-state index contributed by atoms with van der Waals surface area (Å²) in [6.07, 6.45) is 2.77. The van der Waals surface area contributed by atoms with Gasteiger partial charge >= 0.3 is 5.97 Å². The molecule has 1 aromatic rings. The molecule has 150 valence electrons. The van der Waals surface area contributed by atoms with E-state index in [0.29, 0.717) is 37.0 Å². The van der Waals surface area contributed by atoms with E-state index in [9.17, 15) is 18.0 Å². The fraction of sp³-hybridized carbons (Fsp3) is 0.562. The van der Waals surface area contributed by atoms with Gasteiger partial charge in [0.25, 0.3) is 0 Å². The number of hydrogen-bond acceptors (Lipinski definition) is 7. The van der Waals surface area contributed by atoms with Crippen molar-refractivity contribution in [2.45, 2.75) is 31.1 Å². The number of carbonyl (C=O) groups is 2. The van der Waals surface area contributed by atoms with Crippen molar-refractivity contribution in [3.8, 4) is 0 Å². The molecular weight excluding hydrogens is 440 g/mol. The van der Waals surface area contributed by atoms with Gasteiger partial charge in [-0.05, 0) is 41.8 Å². The molecule has 2 rings (SSSR count). The van der Waals surface area contributed by atoms with E-state index in [1.54, 1.807) is 11.8 Å². The molecule has 3 N–H and O–H groups in total. The van der Waals surface area contributed by atoms with E-state index in [-0.39, 0.29) is 41.5 Å². The number of sulfonamides is 1. The highest BCUT2D eigenvalue weighted by Gasteiger charge is 2.29. The summed E-state index contributed by atoms with van der Waals surface area (Å²) >= 11 is 3.15. The largest absolute Gasteiger partial charge is 0.466 e. The predicted octanol–water partition coefficient (Wildman–Crippen LogP) is 0.896. The molecule has 1 fully saturated rings. The number of carbonyl (C=O) groups excluding carboxylic acids is 2. The Balaban J connectivity index is 1.90. The molecule has 27 heavy (non-hydrogen) atoms. The van der Waals surface area contributed by atoms with E-state index in [1.165, 1.54) is 12.3 Å². The first kappa shape index (κ1) is 21.6. The molecule has 0 aromatic carbocycles. The number of aromatic nitrogens is 1. The monoisotopic (exact) mass is 462 g/mol. The zero-order valence-electron chi connectivity index (χ0n) is 15.0. The highest BCUT2D eigenvalue weighted by atomic mass is 79.9. The number of halogens is 1. The third-order valence-electron chi connectivity index (χ3n) is 4.16. The Morgan fingerprint density at radius 3 is 2.93 bits per heavy atom. The van der Waals surface area contributed by atoms with Gasteiger partial charge in [-0.1, -0.05) is 0 Å². The minimum atomic E-state index is -3.88. The number of nitrogens with one attached hydrogen (secondary N) is 1. The molecule has 1 saturated heterocycles. The molecule has 1 aliphatic rings. The van der Waals surface area contributed by atoms with Crippen LogP contribution in [0.5, 0.6) is 0 Å². The number of ether oxygens (including phenoxy) is 1. The van der Waals surface area contributed by atoms with Crippen LogP contribution >= 0.6 is 15.9 Å². The lowest BCUT2D eigenvalue weighted by atomic mass is 9.98. The summed E-state index contributed by atoms with van der Waals surface area (Å²) in [6, 6.07) is 1.35. The summed E-state index contributed by atoms with van der Waals surface area (Å²) in [4.78, 5) is 29.4. The number of piperidine rings is 1. The normalized spacial score (nSPS) is 17.6. The fourth-order valence-electron chi connectivity index (χ4n) is 2.83. The number of likely N-dealkylation sites (tertiary alicyclic amines) is 1. The average molecular weight is 463 g/mol. The van der Waals surface area contributed by atoms with Gasteiger partial charge in [0.1, 0.15) is 10.7 Å². The average Bonchev–Trinajstić information content (AvgIpc) is 2.63. The van der Waals surface area contributed by atoms with Crippen LogP contribution in [0.25, 0.3) is 0 Å². The number of nitrogens with two attached hydrogens (primary N) is 1. The first-order chi connectivity index (χ1) is 12.7. The zero-order chi connectivity index (χ0) is 20.0. The third kappa shape index (κ3) is 5.88. The van der Waals surface area contributed by atoms with Crippen LogP contribution in [0.2, 0.25) is 0 Å². The van der Waals surface area contributed by atoms with Crippen molar-refractivity contribution in [3.63, 3.8) is 0 Å². The molecule has 9 nitrogen and oxygen atoms in total. The summed E-state index contributed by atoms with van der Waals surface area (Å²) in [6.45, 7) is 2.81. The maximum absolute atomic E-state index is 12.4. The van der Waals surface area contributed by atoms with Crippen LogP contribution in [0.4, 0.5) is 5.82 Å². The van der Waals surface area contributed by atoms with E-state index in [1.807, 2.05) is 0 Å². The molecule has 11 heteroatoms. The number of pyridine rings is 1. The number of anilines is 1. The SMILES string of the molecule is CCOC(=O)[C@@H]1CCCN(C(=O)CCNS(=O)(=O)c2cc(Br)cnc2N)C1. The summed E-state index contributed by atoms with van der Waals surface area (Å²) in [5, 5.41) is 0. The summed E-state index contributed by atoms with van der Waals surface area (Å²) in [7, 11) is -3.88. The van der Waals surface area contributed by atoms with Gasteiger partial charge < -0.3 is 15.4 Å². The Bertz CT molecular complexity index is 802. The van der Waals surface area contributed by atoms with E-state index in [0.717, 1.165) is 0 Å². The van der Waals surface area contributed by atoms with Gasteiger partial charge in [-0.2, -0.15) is 0 Å². The van der Waals surface area contributed by atoms with Crippen molar-refractivity contribution in [2.75, 3.05) is 32.0 Å². The molecule has 1 amide bonds. The van der Waals surface area contributed by atoms with E-state index in [4.69, 9.17) is 10.5 Å². The Morgan fingerprint density at radius 2 is 2.22 bits per heavy atom. The summed E-state index contributed by atoms with van der Waals surface area (Å²) in [5.41, 5.74) is 5.62. The third-order valence-corrected chi connectivity index (χ3v) is 6.09. The van der Waals surface area contributed by atoms with Crippen LogP contribution in [0.3, 0.4) is 0 Å². The zero-order valence-corrected chi connectivity index (χ0v) is 17.4. The van der Waals surface area contributed by atoms with E-state index >= 15 is 0 Å². The standard InChI is InChI=1S/C16H23BrN4O5S/c1-2-26-16(23)11-4-3-7-21(10-11)14(22)5-6-20-27(24,25)13-8-12(17)9-19-15(13)18/h8-9,11,20H,2-7,10H2,1H3,(H2,18,19)/t11-/m1/s1. The molecule has 0 spiro atoms. The van der Waals surface area contributed by atoms with Crippen LogP contribution in [0, 0.1) is 5.92 Å². The van der Waals surface area contributed by atoms with Crippen LogP contribution in [-0.2, 0) is 24.3 Å². The highest BCUT2D eigenvalue weighted by molar-refractivity contribution is 9.10. The lowest BCUT2D eigenvalue weighted by Crippen LogP contribution is -2.43. The number of rotatable bonds is 7. The van der Waals surface area contributed by atoms with Gasteiger partial charge in [-0.15, -0.1) is 0 Å². The lowest BCUT2D eigenvalue weighted by Gasteiger charge is -2.31. The number of esters is 1. The van der Waals surface area contributed by atoms with Crippen molar-refractivity contribution in [2.24, 2.45) is 5.92 Å². The molecule has 0 saturated carbocycles. The van der Waals surface area contributed by atoms with Crippen molar-refractivity contribution in [1.82, 2.24) is 14.6 Å². The quantitative estimate of drug-likeness (QED) is 0.575. The van der Waals surface area contributed by atoms with Crippen molar-refractivity contribution < 1.29 is 22.7 Å². The van der Waals surface area contributed by atoms with Gasteiger partial charge in [-0.25, -0.2) is 18.1 Å². The summed E-state index contributed by atoms with van der Waals surface area (Å²) < 4.78 is 32.5. The van der Waals surface area contributed by atoms with Crippen LogP contribution in [-0.4, -0.2) is 56.4 Å². The maximum Gasteiger partial charge on any atom is 0.310 e. The summed E-state index contributed by atoms with van der Waals surface area (Å²) in [5.74, 6) is -0.961. The molecule has 0 aliphatic carbocycles. The first-order valence-corrected chi connectivity index (χ1v) is 10.9. The van der Waals surface area contributed by atoms with Crippen molar-refractivity contribution >= 4 is 43.6 Å².